The van der Waals surface area contributed by atoms with Crippen molar-refractivity contribution < 1.29 is 28.7 Å². The van der Waals surface area contributed by atoms with Gasteiger partial charge in [-0.1, -0.05) is 18.2 Å². The van der Waals surface area contributed by atoms with Crippen molar-refractivity contribution in [1.29, 1.82) is 0 Å². The quantitative estimate of drug-likeness (QED) is 0.506. The second kappa shape index (κ2) is 10.9. The fourth-order valence-electron chi connectivity index (χ4n) is 2.95. The number of benzene rings is 1. The van der Waals surface area contributed by atoms with Crippen LogP contribution < -0.4 is 4.90 Å². The molecule has 7 nitrogen and oxygen atoms in total. The van der Waals surface area contributed by atoms with E-state index in [9.17, 15) is 14.7 Å². The molecular formula is C18H29NO6Si. The van der Waals surface area contributed by atoms with Crippen molar-refractivity contribution in [3.8, 4) is 0 Å². The van der Waals surface area contributed by atoms with Crippen molar-refractivity contribution in [2.24, 2.45) is 0 Å². The largest absolute Gasteiger partial charge is 0.481 e. The van der Waals surface area contributed by atoms with Gasteiger partial charge in [-0.05, 0) is 45.0 Å². The summed E-state index contributed by atoms with van der Waals surface area (Å²) in [7, 11) is -2.30. The van der Waals surface area contributed by atoms with Gasteiger partial charge in [-0.2, -0.15) is 0 Å². The van der Waals surface area contributed by atoms with Crippen molar-refractivity contribution in [2.45, 2.75) is 45.3 Å². The zero-order chi connectivity index (χ0) is 19.6. The lowest BCUT2D eigenvalue weighted by Gasteiger charge is -2.32. The van der Waals surface area contributed by atoms with Gasteiger partial charge in [-0.15, -0.1) is 0 Å². The second-order valence-corrected chi connectivity index (χ2v) is 9.43. The number of anilines is 1. The Hall–Kier alpha value is -1.90. The summed E-state index contributed by atoms with van der Waals surface area (Å²) >= 11 is 0. The monoisotopic (exact) mass is 383 g/mol. The summed E-state index contributed by atoms with van der Waals surface area (Å²) in [6, 6.07) is 8.61. The third kappa shape index (κ3) is 7.15. The van der Waals surface area contributed by atoms with Crippen LogP contribution in [0, 0.1) is 0 Å². The highest BCUT2D eigenvalue weighted by molar-refractivity contribution is 6.66. The molecule has 0 spiro atoms. The minimum absolute atomic E-state index is 0.414. The molecule has 26 heavy (non-hydrogen) atoms. The molecule has 0 aliphatic heterocycles. The summed E-state index contributed by atoms with van der Waals surface area (Å²) in [5, 5.41) is 18.6. The molecule has 8 heteroatoms. The smallest absolute Gasteiger partial charge is 0.334 e. The third-order valence-electron chi connectivity index (χ3n) is 4.05. The van der Waals surface area contributed by atoms with Crippen LogP contribution in [-0.2, 0) is 18.4 Å². The molecule has 0 bridgehead atoms. The fourth-order valence-corrected chi connectivity index (χ4v) is 5.34. The van der Waals surface area contributed by atoms with E-state index in [0.29, 0.717) is 37.9 Å². The Bertz CT molecular complexity index is 562. The number of rotatable bonds is 13. The molecule has 0 amide bonds. The molecule has 0 heterocycles. The molecule has 1 aromatic rings. The van der Waals surface area contributed by atoms with E-state index in [-0.39, 0.29) is 0 Å². The Balaban J connectivity index is 2.92. The molecule has 0 saturated carbocycles. The Labute approximate surface area is 155 Å². The van der Waals surface area contributed by atoms with Gasteiger partial charge >= 0.3 is 20.5 Å². The van der Waals surface area contributed by atoms with Gasteiger partial charge in [0.15, 0.2) is 0 Å². The summed E-state index contributed by atoms with van der Waals surface area (Å²) < 4.78 is 11.6. The second-order valence-electron chi connectivity index (χ2n) is 6.08. The standard InChI is InChI=1S/C18H29NO6Si/c1-4-24-26(3,25-5-2)13-9-12-19(15-10-7-6-8-11-15)16(18(22)23)14-17(20)21/h6-8,10-11,16H,4-5,9,12-14H2,1-3H3,(H,20,21)(H,22,23)/t16-/m0/s1. The first-order valence-corrected chi connectivity index (χ1v) is 11.4. The number of carboxylic acid groups (broad SMARTS) is 2. The van der Waals surface area contributed by atoms with E-state index in [4.69, 9.17) is 14.0 Å². The summed E-state index contributed by atoms with van der Waals surface area (Å²) in [5.41, 5.74) is 0.692. The number of para-hydroxylation sites is 1. The Morgan fingerprint density at radius 1 is 1.12 bits per heavy atom. The predicted molar refractivity (Wildman–Crippen MR) is 102 cm³/mol. The van der Waals surface area contributed by atoms with Crippen LogP contribution in [0.3, 0.4) is 0 Å². The van der Waals surface area contributed by atoms with Gasteiger partial charge in [0.2, 0.25) is 0 Å². The number of aliphatic carboxylic acids is 2. The van der Waals surface area contributed by atoms with E-state index >= 15 is 0 Å². The van der Waals surface area contributed by atoms with Crippen molar-refractivity contribution >= 4 is 26.2 Å². The molecule has 0 aliphatic carbocycles. The van der Waals surface area contributed by atoms with Gasteiger partial charge in [-0.3, -0.25) is 4.79 Å². The first-order valence-electron chi connectivity index (χ1n) is 8.87. The Morgan fingerprint density at radius 3 is 2.15 bits per heavy atom. The van der Waals surface area contributed by atoms with Gasteiger partial charge in [-0.25, -0.2) is 4.79 Å². The number of carbonyl (C=O) groups is 2. The maximum Gasteiger partial charge on any atom is 0.334 e. The van der Waals surface area contributed by atoms with E-state index in [2.05, 4.69) is 0 Å². The highest BCUT2D eigenvalue weighted by atomic mass is 28.4. The third-order valence-corrected chi connectivity index (χ3v) is 7.11. The average molecular weight is 384 g/mol. The summed E-state index contributed by atoms with van der Waals surface area (Å²) in [5.74, 6) is -2.29. The Kier molecular flexibility index (Phi) is 9.32. The minimum atomic E-state index is -2.30. The minimum Gasteiger partial charge on any atom is -0.481 e. The van der Waals surface area contributed by atoms with Gasteiger partial charge in [0.1, 0.15) is 6.04 Å². The van der Waals surface area contributed by atoms with Crippen LogP contribution in [0.5, 0.6) is 0 Å². The first-order chi connectivity index (χ1) is 12.3. The molecule has 1 atom stereocenters. The molecule has 0 aliphatic rings. The molecule has 0 aromatic heterocycles. The number of hydrogen-bond acceptors (Lipinski definition) is 5. The molecule has 0 unspecified atom stereocenters. The average Bonchev–Trinajstić information content (AvgIpc) is 2.58. The lowest BCUT2D eigenvalue weighted by molar-refractivity contribution is -0.145. The predicted octanol–water partition coefficient (Wildman–Crippen LogP) is 2.96. The van der Waals surface area contributed by atoms with Crippen LogP contribution in [0.15, 0.2) is 30.3 Å². The summed E-state index contributed by atoms with van der Waals surface area (Å²) in [6.45, 7) is 7.40. The van der Waals surface area contributed by atoms with E-state index in [0.717, 1.165) is 0 Å². The zero-order valence-corrected chi connectivity index (χ0v) is 16.7. The van der Waals surface area contributed by atoms with Crippen LogP contribution in [-0.4, -0.2) is 56.5 Å². The lowest BCUT2D eigenvalue weighted by atomic mass is 10.1. The van der Waals surface area contributed by atoms with Crippen LogP contribution in [0.2, 0.25) is 12.6 Å². The van der Waals surface area contributed by atoms with E-state index < -0.39 is 33.0 Å². The number of carboxylic acids is 2. The Morgan fingerprint density at radius 2 is 1.69 bits per heavy atom. The summed E-state index contributed by atoms with van der Waals surface area (Å²) in [6.07, 6.45) is 0.191. The van der Waals surface area contributed by atoms with Crippen molar-refractivity contribution in [3.63, 3.8) is 0 Å². The van der Waals surface area contributed by atoms with Crippen molar-refractivity contribution in [1.82, 2.24) is 0 Å². The SMILES string of the molecule is CCO[Si](C)(CCCN(c1ccccc1)[C@@H](CC(=O)O)C(=O)O)OCC. The van der Waals surface area contributed by atoms with E-state index in [1.807, 2.05) is 26.5 Å². The van der Waals surface area contributed by atoms with Crippen LogP contribution >= 0.6 is 0 Å². The molecule has 1 rings (SSSR count). The molecule has 146 valence electrons. The molecule has 0 fully saturated rings. The maximum atomic E-state index is 11.7. The lowest BCUT2D eigenvalue weighted by Crippen LogP contribution is -2.45. The van der Waals surface area contributed by atoms with Crippen molar-refractivity contribution in [3.05, 3.63) is 30.3 Å². The summed E-state index contributed by atoms with van der Waals surface area (Å²) in [4.78, 5) is 24.4. The number of nitrogens with zero attached hydrogens (tertiary/aromatic N) is 1. The van der Waals surface area contributed by atoms with Gasteiger partial charge in [0, 0.05) is 25.4 Å². The highest BCUT2D eigenvalue weighted by Gasteiger charge is 2.32. The molecule has 2 N–H and O–H groups in total. The molecule has 0 radical (unpaired) electrons. The first kappa shape index (κ1) is 22.1. The molecule has 0 saturated heterocycles. The van der Waals surface area contributed by atoms with Crippen LogP contribution in [0.25, 0.3) is 0 Å². The van der Waals surface area contributed by atoms with Crippen molar-refractivity contribution in [2.75, 3.05) is 24.7 Å². The normalized spacial score (nSPS) is 12.6. The fraction of sp³-hybridized carbons (Fsp3) is 0.556. The number of hydrogen-bond donors (Lipinski definition) is 2. The molecule has 1 aromatic carbocycles. The van der Waals surface area contributed by atoms with E-state index in [1.165, 1.54) is 0 Å². The van der Waals surface area contributed by atoms with E-state index in [1.54, 1.807) is 29.2 Å². The van der Waals surface area contributed by atoms with Gasteiger partial charge < -0.3 is 24.0 Å². The highest BCUT2D eigenvalue weighted by Crippen LogP contribution is 2.22. The topological polar surface area (TPSA) is 96.3 Å². The van der Waals surface area contributed by atoms with Crippen LogP contribution in [0.4, 0.5) is 5.69 Å². The van der Waals surface area contributed by atoms with Gasteiger partial charge in [0.25, 0.3) is 0 Å². The van der Waals surface area contributed by atoms with Gasteiger partial charge in [0.05, 0.1) is 6.42 Å². The maximum absolute atomic E-state index is 11.7. The zero-order valence-electron chi connectivity index (χ0n) is 15.7. The van der Waals surface area contributed by atoms with Crippen LogP contribution in [0.1, 0.15) is 26.7 Å². The molecular weight excluding hydrogens is 354 g/mol.